The highest BCUT2D eigenvalue weighted by atomic mass is 32.2. The van der Waals surface area contributed by atoms with Crippen LogP contribution in [-0.2, 0) is 16.2 Å². The maximum absolute atomic E-state index is 12.9. The van der Waals surface area contributed by atoms with Gasteiger partial charge in [-0.1, -0.05) is 6.07 Å². The average Bonchev–Trinajstić information content (AvgIpc) is 2.72. The molecule has 0 amide bonds. The zero-order chi connectivity index (χ0) is 21.5. The average molecular weight is 438 g/mol. The van der Waals surface area contributed by atoms with Crippen molar-refractivity contribution in [2.75, 3.05) is 36.8 Å². The fourth-order valence-electron chi connectivity index (χ4n) is 3.32. The first kappa shape index (κ1) is 20.3. The third-order valence-electron chi connectivity index (χ3n) is 4.83. The van der Waals surface area contributed by atoms with E-state index in [9.17, 15) is 21.6 Å². The summed E-state index contributed by atoms with van der Waals surface area (Å²) in [5.74, 6) is 0.924. The lowest BCUT2D eigenvalue weighted by atomic mass is 10.2. The van der Waals surface area contributed by atoms with Gasteiger partial charge in [-0.05, 0) is 30.3 Å². The molecule has 1 fully saturated rings. The summed E-state index contributed by atoms with van der Waals surface area (Å²) in [6.45, 7) is 0.836. The van der Waals surface area contributed by atoms with E-state index in [-0.39, 0.29) is 18.0 Å². The molecule has 1 saturated heterocycles. The van der Waals surface area contributed by atoms with Gasteiger partial charge in [-0.15, -0.1) is 0 Å². The van der Waals surface area contributed by atoms with Crippen molar-refractivity contribution in [3.63, 3.8) is 0 Å². The number of nitrogen functional groups attached to an aromatic ring is 1. The number of pyridine rings is 1. The van der Waals surface area contributed by atoms with Gasteiger partial charge >= 0.3 is 6.18 Å². The fourth-order valence-corrected chi connectivity index (χ4v) is 4.79. The number of halogens is 3. The maximum atomic E-state index is 12.9. The first-order chi connectivity index (χ1) is 14.2. The van der Waals surface area contributed by atoms with Crippen LogP contribution in [0.5, 0.6) is 0 Å². The third-order valence-corrected chi connectivity index (χ3v) is 6.73. The fraction of sp³-hybridized carbons (Fsp3) is 0.278. The van der Waals surface area contributed by atoms with Gasteiger partial charge in [0, 0.05) is 26.2 Å². The molecule has 3 aromatic rings. The molecule has 0 aliphatic carbocycles. The topological polar surface area (TPSA) is 105 Å². The monoisotopic (exact) mass is 438 g/mol. The van der Waals surface area contributed by atoms with Gasteiger partial charge in [0.2, 0.25) is 10.0 Å². The highest BCUT2D eigenvalue weighted by Crippen LogP contribution is 2.31. The molecule has 0 saturated carbocycles. The minimum Gasteiger partial charge on any atom is -0.384 e. The number of hydrogen-bond donors (Lipinski definition) is 1. The summed E-state index contributed by atoms with van der Waals surface area (Å²) >= 11 is 0. The molecule has 1 aliphatic heterocycles. The minimum absolute atomic E-state index is 0.104. The number of anilines is 2. The zero-order valence-corrected chi connectivity index (χ0v) is 16.4. The molecular formula is C18H17F3N6O2S. The van der Waals surface area contributed by atoms with E-state index in [0.717, 1.165) is 12.1 Å². The summed E-state index contributed by atoms with van der Waals surface area (Å²) in [4.78, 5) is 14.0. The van der Waals surface area contributed by atoms with Gasteiger partial charge in [-0.2, -0.15) is 17.5 Å². The Kier molecular flexibility index (Phi) is 4.98. The smallest absolute Gasteiger partial charge is 0.384 e. The van der Waals surface area contributed by atoms with Crippen LogP contribution in [0.4, 0.5) is 24.8 Å². The van der Waals surface area contributed by atoms with E-state index in [1.54, 1.807) is 12.1 Å². The van der Waals surface area contributed by atoms with E-state index >= 15 is 0 Å². The number of aromatic nitrogens is 3. The van der Waals surface area contributed by atoms with Crippen LogP contribution in [0, 0.1) is 0 Å². The van der Waals surface area contributed by atoms with Crippen LogP contribution in [0.1, 0.15) is 5.56 Å². The van der Waals surface area contributed by atoms with Crippen LogP contribution in [0.15, 0.2) is 47.6 Å². The summed E-state index contributed by atoms with van der Waals surface area (Å²) in [7, 11) is -4.05. The first-order valence-electron chi connectivity index (χ1n) is 8.96. The number of rotatable bonds is 3. The van der Waals surface area contributed by atoms with Crippen molar-refractivity contribution in [2.24, 2.45) is 0 Å². The normalized spacial score (nSPS) is 16.2. The van der Waals surface area contributed by atoms with Crippen LogP contribution in [0.25, 0.3) is 11.0 Å². The molecule has 0 bridgehead atoms. The highest BCUT2D eigenvalue weighted by Gasteiger charge is 2.34. The van der Waals surface area contributed by atoms with Crippen LogP contribution >= 0.6 is 0 Å². The Morgan fingerprint density at radius 1 is 1.00 bits per heavy atom. The first-order valence-corrected chi connectivity index (χ1v) is 10.4. The highest BCUT2D eigenvalue weighted by molar-refractivity contribution is 7.89. The Bertz CT molecular complexity index is 1190. The lowest BCUT2D eigenvalue weighted by Gasteiger charge is -2.35. The largest absolute Gasteiger partial charge is 0.416 e. The Hall–Kier alpha value is -2.99. The number of fused-ring (bicyclic) bond motifs is 1. The molecule has 3 heterocycles. The Labute approximate surface area is 170 Å². The second kappa shape index (κ2) is 7.36. The van der Waals surface area contributed by atoms with Crippen molar-refractivity contribution >= 4 is 32.7 Å². The molecule has 1 aliphatic rings. The summed E-state index contributed by atoms with van der Waals surface area (Å²) in [5.41, 5.74) is 5.11. The van der Waals surface area contributed by atoms with Crippen LogP contribution in [-0.4, -0.2) is 53.9 Å². The molecule has 0 unspecified atom stereocenters. The Morgan fingerprint density at radius 2 is 1.73 bits per heavy atom. The van der Waals surface area contributed by atoms with Gasteiger partial charge in [0.1, 0.15) is 18.0 Å². The number of sulfonamides is 1. The predicted octanol–water partition coefficient (Wildman–Crippen LogP) is 2.14. The second-order valence-corrected chi connectivity index (χ2v) is 8.66. The molecule has 2 N–H and O–H groups in total. The molecule has 0 radical (unpaired) electrons. The van der Waals surface area contributed by atoms with Crippen LogP contribution < -0.4 is 10.6 Å². The van der Waals surface area contributed by atoms with E-state index in [0.29, 0.717) is 41.8 Å². The number of alkyl halides is 3. The second-order valence-electron chi connectivity index (χ2n) is 6.72. The third kappa shape index (κ3) is 3.75. The molecule has 8 nitrogen and oxygen atoms in total. The molecule has 2 aromatic heterocycles. The number of nitrogens with zero attached hydrogens (tertiary/aromatic N) is 5. The molecule has 30 heavy (non-hydrogen) atoms. The van der Waals surface area contributed by atoms with Gasteiger partial charge in [0.15, 0.2) is 5.65 Å². The Morgan fingerprint density at radius 3 is 2.43 bits per heavy atom. The number of piperazine rings is 1. The molecule has 4 rings (SSSR count). The van der Waals surface area contributed by atoms with Crippen molar-refractivity contribution in [3.8, 4) is 0 Å². The molecule has 1 aromatic carbocycles. The summed E-state index contributed by atoms with van der Waals surface area (Å²) in [6.07, 6.45) is -3.26. The summed E-state index contributed by atoms with van der Waals surface area (Å²) < 4.78 is 65.7. The van der Waals surface area contributed by atoms with Gasteiger partial charge in [0.25, 0.3) is 0 Å². The van der Waals surface area contributed by atoms with E-state index in [2.05, 4.69) is 15.0 Å². The zero-order valence-electron chi connectivity index (χ0n) is 15.5. The van der Waals surface area contributed by atoms with Crippen LogP contribution in [0.3, 0.4) is 0 Å². The van der Waals surface area contributed by atoms with E-state index in [1.807, 2.05) is 4.90 Å². The van der Waals surface area contributed by atoms with Gasteiger partial charge in [0.05, 0.1) is 15.8 Å². The van der Waals surface area contributed by atoms with Crippen molar-refractivity contribution in [1.82, 2.24) is 19.3 Å². The summed E-state index contributed by atoms with van der Waals surface area (Å²) in [5, 5.41) is 0.681. The van der Waals surface area contributed by atoms with Gasteiger partial charge < -0.3 is 10.6 Å². The van der Waals surface area contributed by atoms with E-state index < -0.39 is 21.8 Å². The number of nitrogens with two attached hydrogens (primary N) is 1. The lowest BCUT2D eigenvalue weighted by molar-refractivity contribution is -0.137. The van der Waals surface area contributed by atoms with Crippen molar-refractivity contribution in [1.29, 1.82) is 0 Å². The minimum atomic E-state index is -4.62. The summed E-state index contributed by atoms with van der Waals surface area (Å²) in [6, 6.07) is 7.15. The SMILES string of the molecule is Nc1ccc2c(N3CCN(S(=O)(=O)c4cccc(C(F)(F)F)c4)CC3)ncnc2n1. The molecule has 158 valence electrons. The van der Waals surface area contributed by atoms with Gasteiger partial charge in [-0.25, -0.2) is 23.4 Å². The predicted molar refractivity (Wildman–Crippen MR) is 104 cm³/mol. The number of hydrogen-bond acceptors (Lipinski definition) is 7. The standard InChI is InChI=1S/C18H17F3N6O2S/c19-18(20,21)12-2-1-3-13(10-12)30(28,29)27-8-6-26(7-9-27)17-14-4-5-15(22)25-16(14)23-11-24-17/h1-5,10-11H,6-9H2,(H2,22,23,24,25). The number of benzene rings is 1. The Balaban J connectivity index is 1.55. The van der Waals surface area contributed by atoms with E-state index in [4.69, 9.17) is 5.73 Å². The maximum Gasteiger partial charge on any atom is 0.416 e. The molecule has 12 heteroatoms. The van der Waals surface area contributed by atoms with Crippen molar-refractivity contribution < 1.29 is 21.6 Å². The molecular weight excluding hydrogens is 421 g/mol. The van der Waals surface area contributed by atoms with Crippen LogP contribution in [0.2, 0.25) is 0 Å². The van der Waals surface area contributed by atoms with Crippen molar-refractivity contribution in [2.45, 2.75) is 11.1 Å². The van der Waals surface area contributed by atoms with E-state index in [1.165, 1.54) is 16.7 Å². The molecule has 0 spiro atoms. The quantitative estimate of drug-likeness (QED) is 0.668. The lowest BCUT2D eigenvalue weighted by Crippen LogP contribution is -2.49. The van der Waals surface area contributed by atoms with Crippen molar-refractivity contribution in [3.05, 3.63) is 48.3 Å². The van der Waals surface area contributed by atoms with Gasteiger partial charge in [-0.3, -0.25) is 0 Å². The molecule has 0 atom stereocenters.